The summed E-state index contributed by atoms with van der Waals surface area (Å²) in [5.41, 5.74) is 2.52. The highest BCUT2D eigenvalue weighted by Crippen LogP contribution is 2.41. The summed E-state index contributed by atoms with van der Waals surface area (Å²) in [6.07, 6.45) is 6.69. The van der Waals surface area contributed by atoms with E-state index in [1.807, 2.05) is 17.8 Å². The Labute approximate surface area is 211 Å². The van der Waals surface area contributed by atoms with Gasteiger partial charge < -0.3 is 9.57 Å². The van der Waals surface area contributed by atoms with Gasteiger partial charge in [-0.05, 0) is 43.9 Å². The molecule has 36 heavy (non-hydrogen) atoms. The van der Waals surface area contributed by atoms with Gasteiger partial charge in [-0.2, -0.15) is 5.10 Å². The fourth-order valence-electron chi connectivity index (χ4n) is 4.56. The van der Waals surface area contributed by atoms with Gasteiger partial charge in [-0.3, -0.25) is 4.68 Å². The quantitative estimate of drug-likeness (QED) is 0.461. The highest BCUT2D eigenvalue weighted by Gasteiger charge is 2.56. The number of sulfonamides is 1. The van der Waals surface area contributed by atoms with Gasteiger partial charge in [0, 0.05) is 36.3 Å². The van der Waals surface area contributed by atoms with Crippen LogP contribution in [0.15, 0.2) is 54.2 Å². The third-order valence-electron chi connectivity index (χ3n) is 6.30. The van der Waals surface area contributed by atoms with E-state index in [9.17, 15) is 8.42 Å². The van der Waals surface area contributed by atoms with Crippen molar-refractivity contribution in [1.82, 2.24) is 19.7 Å². The minimum absolute atomic E-state index is 0.275. The molecule has 4 rings (SSSR count). The second kappa shape index (κ2) is 9.98. The standard InChI is InChI=1S/C25H32N6O4S/c1-6-23(24-27-11-19(12-28-24)20-13-29-31(15-20)14-16(2)3)34-22-9-7-8-21(10-22)25(36(26,32)33)17(4)30-35-18(25)5/h7-13,15-16,18,23H,6,14H2,1-5H3,(H2,26,32,33). The molecule has 3 aromatic rings. The Balaban J connectivity index is 1.58. The van der Waals surface area contributed by atoms with Gasteiger partial charge in [0.25, 0.3) is 0 Å². The minimum Gasteiger partial charge on any atom is -0.482 e. The topological polar surface area (TPSA) is 135 Å². The van der Waals surface area contributed by atoms with Crippen LogP contribution in [0.1, 0.15) is 58.5 Å². The van der Waals surface area contributed by atoms with E-state index in [0.29, 0.717) is 29.5 Å². The van der Waals surface area contributed by atoms with Crippen molar-refractivity contribution in [3.63, 3.8) is 0 Å². The molecule has 2 aromatic heterocycles. The lowest BCUT2D eigenvalue weighted by molar-refractivity contribution is 0.0818. The zero-order valence-electron chi connectivity index (χ0n) is 21.1. The first kappa shape index (κ1) is 25.8. The Morgan fingerprint density at radius 2 is 1.92 bits per heavy atom. The summed E-state index contributed by atoms with van der Waals surface area (Å²) in [5.74, 6) is 1.49. The summed E-state index contributed by atoms with van der Waals surface area (Å²) >= 11 is 0. The van der Waals surface area contributed by atoms with E-state index in [0.717, 1.165) is 17.7 Å². The molecule has 3 unspecified atom stereocenters. The molecule has 0 radical (unpaired) electrons. The van der Waals surface area contributed by atoms with Gasteiger partial charge in [0.05, 0.1) is 11.9 Å². The molecule has 2 N–H and O–H groups in total. The molecule has 3 atom stereocenters. The Morgan fingerprint density at radius 1 is 1.19 bits per heavy atom. The van der Waals surface area contributed by atoms with Crippen LogP contribution in [-0.4, -0.2) is 40.0 Å². The highest BCUT2D eigenvalue weighted by atomic mass is 32.2. The number of nitrogens with zero attached hydrogens (tertiary/aromatic N) is 5. The largest absolute Gasteiger partial charge is 0.482 e. The normalized spacial score (nSPS) is 20.8. The van der Waals surface area contributed by atoms with Crippen molar-refractivity contribution in [1.29, 1.82) is 0 Å². The second-order valence-electron chi connectivity index (χ2n) is 9.42. The predicted molar refractivity (Wildman–Crippen MR) is 137 cm³/mol. The lowest BCUT2D eigenvalue weighted by atomic mass is 9.89. The maximum atomic E-state index is 12.7. The Bertz CT molecular complexity index is 1350. The van der Waals surface area contributed by atoms with Gasteiger partial charge in [0.15, 0.2) is 22.8 Å². The SMILES string of the molecule is CCC(Oc1cccc(C2(S(N)(=O)=O)C(C)=NOC2C)c1)c1ncc(-c2cnn(CC(C)C)c2)cn1. The van der Waals surface area contributed by atoms with Crippen LogP contribution in [-0.2, 0) is 26.2 Å². The van der Waals surface area contributed by atoms with Crippen molar-refractivity contribution < 1.29 is 18.0 Å². The fraction of sp³-hybridized carbons (Fsp3) is 0.440. The van der Waals surface area contributed by atoms with Gasteiger partial charge in [0.2, 0.25) is 10.0 Å². The van der Waals surface area contributed by atoms with E-state index in [-0.39, 0.29) is 5.71 Å². The van der Waals surface area contributed by atoms with Crippen molar-refractivity contribution in [2.45, 2.75) is 64.5 Å². The Hall–Kier alpha value is -3.31. The summed E-state index contributed by atoms with van der Waals surface area (Å²) in [6.45, 7) is 10.3. The molecule has 192 valence electrons. The van der Waals surface area contributed by atoms with Crippen LogP contribution in [0.4, 0.5) is 0 Å². The summed E-state index contributed by atoms with van der Waals surface area (Å²) in [7, 11) is -4.10. The number of ether oxygens (including phenoxy) is 1. The average molecular weight is 513 g/mol. The lowest BCUT2D eigenvalue weighted by Gasteiger charge is -2.30. The molecule has 0 spiro atoms. The molecule has 3 heterocycles. The number of benzene rings is 1. The lowest BCUT2D eigenvalue weighted by Crippen LogP contribution is -2.51. The van der Waals surface area contributed by atoms with Crippen molar-refractivity contribution in [2.24, 2.45) is 16.2 Å². The van der Waals surface area contributed by atoms with E-state index in [4.69, 9.17) is 14.7 Å². The van der Waals surface area contributed by atoms with E-state index in [2.05, 4.69) is 34.1 Å². The zero-order valence-corrected chi connectivity index (χ0v) is 21.9. The van der Waals surface area contributed by atoms with Gasteiger partial charge in [-0.1, -0.05) is 38.1 Å². The highest BCUT2D eigenvalue weighted by molar-refractivity contribution is 7.91. The first-order valence-corrected chi connectivity index (χ1v) is 13.5. The number of hydrogen-bond donors (Lipinski definition) is 1. The summed E-state index contributed by atoms with van der Waals surface area (Å²) < 4.78 is 32.0. The third kappa shape index (κ3) is 4.72. The van der Waals surface area contributed by atoms with Crippen LogP contribution in [0, 0.1) is 5.92 Å². The van der Waals surface area contributed by atoms with Crippen LogP contribution in [0.5, 0.6) is 5.75 Å². The maximum absolute atomic E-state index is 12.7. The molecular weight excluding hydrogens is 480 g/mol. The monoisotopic (exact) mass is 512 g/mol. The van der Waals surface area contributed by atoms with Gasteiger partial charge in [-0.15, -0.1) is 0 Å². The van der Waals surface area contributed by atoms with E-state index in [1.165, 1.54) is 0 Å². The molecule has 0 saturated heterocycles. The van der Waals surface area contributed by atoms with Crippen molar-refractivity contribution >= 4 is 15.7 Å². The molecule has 0 aliphatic carbocycles. The first-order valence-electron chi connectivity index (χ1n) is 11.9. The molecule has 0 bridgehead atoms. The number of aromatic nitrogens is 4. The van der Waals surface area contributed by atoms with E-state index >= 15 is 0 Å². The molecule has 0 amide bonds. The number of rotatable bonds is 9. The van der Waals surface area contributed by atoms with Crippen LogP contribution in [0.2, 0.25) is 0 Å². The fourth-order valence-corrected chi connectivity index (χ4v) is 5.97. The molecule has 10 nitrogen and oxygen atoms in total. The summed E-state index contributed by atoms with van der Waals surface area (Å²) in [5, 5.41) is 14.0. The number of oxime groups is 1. The number of hydrogen-bond acceptors (Lipinski definition) is 8. The van der Waals surface area contributed by atoms with Crippen LogP contribution in [0.3, 0.4) is 0 Å². The predicted octanol–water partition coefficient (Wildman–Crippen LogP) is 3.80. The molecule has 0 fully saturated rings. The smallest absolute Gasteiger partial charge is 0.228 e. The Kier molecular flexibility index (Phi) is 7.14. The second-order valence-corrected chi connectivity index (χ2v) is 11.2. The van der Waals surface area contributed by atoms with Crippen molar-refractivity contribution in [3.8, 4) is 16.9 Å². The molecule has 11 heteroatoms. The molecule has 0 saturated carbocycles. The molecule has 1 aliphatic rings. The van der Waals surface area contributed by atoms with Crippen LogP contribution >= 0.6 is 0 Å². The van der Waals surface area contributed by atoms with Crippen molar-refractivity contribution in [3.05, 3.63) is 60.4 Å². The molecular formula is C25H32N6O4S. The number of primary sulfonamides is 1. The van der Waals surface area contributed by atoms with E-state index < -0.39 is 27.0 Å². The van der Waals surface area contributed by atoms with Gasteiger partial charge >= 0.3 is 0 Å². The minimum atomic E-state index is -4.10. The van der Waals surface area contributed by atoms with E-state index in [1.54, 1.807) is 56.7 Å². The molecule has 1 aliphatic heterocycles. The van der Waals surface area contributed by atoms with Gasteiger partial charge in [-0.25, -0.2) is 23.5 Å². The first-order chi connectivity index (χ1) is 17.1. The molecule has 1 aromatic carbocycles. The van der Waals surface area contributed by atoms with Crippen LogP contribution in [0.25, 0.3) is 11.1 Å². The van der Waals surface area contributed by atoms with Gasteiger partial charge in [0.1, 0.15) is 5.75 Å². The van der Waals surface area contributed by atoms with Crippen LogP contribution < -0.4 is 9.88 Å². The summed E-state index contributed by atoms with van der Waals surface area (Å²) in [4.78, 5) is 14.4. The Morgan fingerprint density at radius 3 is 2.50 bits per heavy atom. The average Bonchev–Trinajstić information content (AvgIpc) is 3.41. The number of nitrogens with two attached hydrogens (primary N) is 1. The zero-order chi connectivity index (χ0) is 26.1. The maximum Gasteiger partial charge on any atom is 0.228 e. The summed E-state index contributed by atoms with van der Waals surface area (Å²) in [6, 6.07) is 6.83. The van der Waals surface area contributed by atoms with Crippen molar-refractivity contribution in [2.75, 3.05) is 0 Å². The third-order valence-corrected chi connectivity index (χ3v) is 8.06.